The minimum atomic E-state index is 0.638. The molecule has 0 saturated carbocycles. The van der Waals surface area contributed by atoms with Crippen molar-refractivity contribution in [3.8, 4) is 0 Å². The lowest BCUT2D eigenvalue weighted by atomic mass is 9.97. The second-order valence-electron chi connectivity index (χ2n) is 5.00. The molecule has 1 saturated heterocycles. The predicted molar refractivity (Wildman–Crippen MR) is 74.2 cm³/mol. The maximum Gasteiger partial charge on any atom is 0.0368 e. The van der Waals surface area contributed by atoms with Gasteiger partial charge in [0.1, 0.15) is 0 Å². The van der Waals surface area contributed by atoms with E-state index in [0.717, 1.165) is 6.04 Å². The van der Waals surface area contributed by atoms with E-state index in [1.807, 2.05) is 0 Å². The average Bonchev–Trinajstić information content (AvgIpc) is 2.40. The molecule has 2 rings (SSSR count). The maximum absolute atomic E-state index is 5.64. The van der Waals surface area contributed by atoms with Crippen LogP contribution in [0.2, 0.25) is 0 Å². The standard InChI is InChI=1S/C15H24N2/c1-2-5-14-6-3-4-11-17(14)15-9-7-13(12-16)8-10-15/h7-10,14H,2-6,11-12,16H2,1H3. The Hall–Kier alpha value is -1.02. The van der Waals surface area contributed by atoms with Gasteiger partial charge in [0.2, 0.25) is 0 Å². The molecule has 2 N–H and O–H groups in total. The van der Waals surface area contributed by atoms with E-state index in [2.05, 4.69) is 36.1 Å². The second-order valence-corrected chi connectivity index (χ2v) is 5.00. The molecule has 0 spiro atoms. The summed E-state index contributed by atoms with van der Waals surface area (Å²) >= 11 is 0. The SMILES string of the molecule is CCCC1CCCCN1c1ccc(CN)cc1. The van der Waals surface area contributed by atoms with E-state index in [4.69, 9.17) is 5.73 Å². The number of piperidine rings is 1. The summed E-state index contributed by atoms with van der Waals surface area (Å²) in [7, 11) is 0. The van der Waals surface area contributed by atoms with Crippen LogP contribution in [0, 0.1) is 0 Å². The molecule has 1 heterocycles. The molecular formula is C15H24N2. The third kappa shape index (κ3) is 3.01. The van der Waals surface area contributed by atoms with Gasteiger partial charge in [-0.05, 0) is 43.4 Å². The molecule has 1 aliphatic rings. The molecule has 1 aliphatic heterocycles. The lowest BCUT2D eigenvalue weighted by Gasteiger charge is -2.37. The number of hydrogen-bond donors (Lipinski definition) is 1. The first-order valence-electron chi connectivity index (χ1n) is 6.90. The average molecular weight is 232 g/mol. The Kier molecular flexibility index (Phi) is 4.43. The Morgan fingerprint density at radius 1 is 1.24 bits per heavy atom. The quantitative estimate of drug-likeness (QED) is 0.863. The largest absolute Gasteiger partial charge is 0.369 e. The highest BCUT2D eigenvalue weighted by atomic mass is 15.2. The molecule has 2 heteroatoms. The molecule has 0 radical (unpaired) electrons. The summed E-state index contributed by atoms with van der Waals surface area (Å²) in [5, 5.41) is 0. The minimum absolute atomic E-state index is 0.638. The van der Waals surface area contributed by atoms with Gasteiger partial charge in [0.05, 0.1) is 0 Å². The van der Waals surface area contributed by atoms with Crippen LogP contribution in [0.15, 0.2) is 24.3 Å². The number of hydrogen-bond acceptors (Lipinski definition) is 2. The highest BCUT2D eigenvalue weighted by molar-refractivity contribution is 5.49. The van der Waals surface area contributed by atoms with Crippen LogP contribution in [-0.4, -0.2) is 12.6 Å². The molecule has 0 aromatic heterocycles. The van der Waals surface area contributed by atoms with Gasteiger partial charge in [0, 0.05) is 24.8 Å². The lowest BCUT2D eigenvalue weighted by Crippen LogP contribution is -2.39. The minimum Gasteiger partial charge on any atom is -0.369 e. The summed E-state index contributed by atoms with van der Waals surface area (Å²) in [5.41, 5.74) is 8.24. The fourth-order valence-corrected chi connectivity index (χ4v) is 2.80. The zero-order chi connectivity index (χ0) is 12.1. The van der Waals surface area contributed by atoms with E-state index in [-0.39, 0.29) is 0 Å². The third-order valence-electron chi connectivity index (χ3n) is 3.75. The predicted octanol–water partition coefficient (Wildman–Crippen LogP) is 3.30. The van der Waals surface area contributed by atoms with Crippen molar-refractivity contribution in [1.29, 1.82) is 0 Å². The molecule has 0 bridgehead atoms. The van der Waals surface area contributed by atoms with Crippen LogP contribution in [-0.2, 0) is 6.54 Å². The molecule has 2 nitrogen and oxygen atoms in total. The van der Waals surface area contributed by atoms with Crippen LogP contribution in [0.1, 0.15) is 44.6 Å². The monoisotopic (exact) mass is 232 g/mol. The fourth-order valence-electron chi connectivity index (χ4n) is 2.80. The molecule has 1 aromatic carbocycles. The Balaban J connectivity index is 2.11. The number of rotatable bonds is 4. The number of benzene rings is 1. The van der Waals surface area contributed by atoms with Gasteiger partial charge in [-0.25, -0.2) is 0 Å². The van der Waals surface area contributed by atoms with Gasteiger partial charge < -0.3 is 10.6 Å². The van der Waals surface area contributed by atoms with Crippen LogP contribution in [0.25, 0.3) is 0 Å². The summed E-state index contributed by atoms with van der Waals surface area (Å²) in [6.07, 6.45) is 6.67. The van der Waals surface area contributed by atoms with Crippen LogP contribution < -0.4 is 10.6 Å². The van der Waals surface area contributed by atoms with Crippen molar-refractivity contribution in [1.82, 2.24) is 0 Å². The summed E-state index contributed by atoms with van der Waals surface area (Å²) in [6.45, 7) is 4.13. The summed E-state index contributed by atoms with van der Waals surface area (Å²) < 4.78 is 0. The van der Waals surface area contributed by atoms with Gasteiger partial charge in [0.25, 0.3) is 0 Å². The first-order chi connectivity index (χ1) is 8.35. The topological polar surface area (TPSA) is 29.3 Å². The maximum atomic E-state index is 5.64. The Morgan fingerprint density at radius 3 is 2.65 bits per heavy atom. The lowest BCUT2D eigenvalue weighted by molar-refractivity contribution is 0.435. The molecule has 17 heavy (non-hydrogen) atoms. The smallest absolute Gasteiger partial charge is 0.0368 e. The van der Waals surface area contributed by atoms with Crippen molar-refractivity contribution >= 4 is 5.69 Å². The van der Waals surface area contributed by atoms with Crippen molar-refractivity contribution in [3.63, 3.8) is 0 Å². The van der Waals surface area contributed by atoms with Gasteiger partial charge in [-0.1, -0.05) is 25.5 Å². The Morgan fingerprint density at radius 2 is 2.00 bits per heavy atom. The van der Waals surface area contributed by atoms with Crippen molar-refractivity contribution in [2.75, 3.05) is 11.4 Å². The number of nitrogens with two attached hydrogens (primary N) is 1. The molecule has 1 atom stereocenters. The molecule has 1 unspecified atom stereocenters. The van der Waals surface area contributed by atoms with E-state index in [0.29, 0.717) is 6.54 Å². The molecule has 0 amide bonds. The molecule has 1 aromatic rings. The summed E-state index contributed by atoms with van der Waals surface area (Å²) in [6, 6.07) is 9.53. The van der Waals surface area contributed by atoms with Gasteiger partial charge >= 0.3 is 0 Å². The molecular weight excluding hydrogens is 208 g/mol. The van der Waals surface area contributed by atoms with Crippen LogP contribution in [0.3, 0.4) is 0 Å². The molecule has 94 valence electrons. The molecule has 0 aliphatic carbocycles. The number of anilines is 1. The van der Waals surface area contributed by atoms with E-state index >= 15 is 0 Å². The van der Waals surface area contributed by atoms with E-state index < -0.39 is 0 Å². The van der Waals surface area contributed by atoms with E-state index in [1.54, 1.807) is 0 Å². The first-order valence-corrected chi connectivity index (χ1v) is 6.90. The highest BCUT2D eigenvalue weighted by Crippen LogP contribution is 2.27. The van der Waals surface area contributed by atoms with Gasteiger partial charge in [-0.3, -0.25) is 0 Å². The van der Waals surface area contributed by atoms with Gasteiger partial charge in [-0.15, -0.1) is 0 Å². The van der Waals surface area contributed by atoms with Gasteiger partial charge in [-0.2, -0.15) is 0 Å². The molecule has 1 fully saturated rings. The Bertz CT molecular complexity index is 329. The highest BCUT2D eigenvalue weighted by Gasteiger charge is 2.21. The van der Waals surface area contributed by atoms with Crippen molar-refractivity contribution in [2.24, 2.45) is 5.73 Å². The van der Waals surface area contributed by atoms with Crippen molar-refractivity contribution < 1.29 is 0 Å². The Labute approximate surface area is 105 Å². The van der Waals surface area contributed by atoms with Gasteiger partial charge in [0.15, 0.2) is 0 Å². The van der Waals surface area contributed by atoms with E-state index in [9.17, 15) is 0 Å². The van der Waals surface area contributed by atoms with Crippen LogP contribution in [0.5, 0.6) is 0 Å². The zero-order valence-corrected chi connectivity index (χ0v) is 10.9. The fraction of sp³-hybridized carbons (Fsp3) is 0.600. The van der Waals surface area contributed by atoms with Crippen molar-refractivity contribution in [3.05, 3.63) is 29.8 Å². The normalized spacial score (nSPS) is 20.6. The second kappa shape index (κ2) is 6.06. The number of nitrogens with zero attached hydrogens (tertiary/aromatic N) is 1. The summed E-state index contributed by atoms with van der Waals surface area (Å²) in [5.74, 6) is 0. The van der Waals surface area contributed by atoms with E-state index in [1.165, 1.54) is 49.9 Å². The zero-order valence-electron chi connectivity index (χ0n) is 10.9. The van der Waals surface area contributed by atoms with Crippen LogP contribution >= 0.6 is 0 Å². The van der Waals surface area contributed by atoms with Crippen molar-refractivity contribution in [2.45, 2.75) is 51.6 Å². The third-order valence-corrected chi connectivity index (χ3v) is 3.75. The first kappa shape index (κ1) is 12.4. The summed E-state index contributed by atoms with van der Waals surface area (Å²) in [4.78, 5) is 2.59. The van der Waals surface area contributed by atoms with Crippen LogP contribution in [0.4, 0.5) is 5.69 Å².